The summed E-state index contributed by atoms with van der Waals surface area (Å²) in [6, 6.07) is 4.48. The van der Waals surface area contributed by atoms with Gasteiger partial charge in [-0.05, 0) is 61.8 Å². The fourth-order valence-corrected chi connectivity index (χ4v) is 1.94. The Morgan fingerprint density at radius 3 is 2.29 bits per heavy atom. The Morgan fingerprint density at radius 1 is 1.24 bits per heavy atom. The van der Waals surface area contributed by atoms with Crippen molar-refractivity contribution in [1.82, 2.24) is 5.32 Å². The molecule has 0 saturated carbocycles. The van der Waals surface area contributed by atoms with Crippen LogP contribution in [0, 0.1) is 5.41 Å². The van der Waals surface area contributed by atoms with Crippen LogP contribution in [0.4, 0.5) is 10.5 Å². The first-order valence-electron chi connectivity index (χ1n) is 6.25. The second-order valence-corrected chi connectivity index (χ2v) is 7.02. The van der Waals surface area contributed by atoms with Gasteiger partial charge in [0.1, 0.15) is 0 Å². The molecule has 0 bridgehead atoms. The average molecular weight is 378 g/mol. The van der Waals surface area contributed by atoms with Gasteiger partial charge in [-0.3, -0.25) is 4.79 Å². The summed E-state index contributed by atoms with van der Waals surface area (Å²) < 4.78 is 0.659. The summed E-state index contributed by atoms with van der Waals surface area (Å²) in [6.07, 6.45) is 0. The number of carboxylic acids is 1. The van der Waals surface area contributed by atoms with Crippen molar-refractivity contribution >= 4 is 45.2 Å². The first-order chi connectivity index (χ1) is 9.47. The lowest BCUT2D eigenvalue weighted by Crippen LogP contribution is -2.57. The van der Waals surface area contributed by atoms with E-state index in [1.54, 1.807) is 45.9 Å². The van der Waals surface area contributed by atoms with E-state index in [-0.39, 0.29) is 0 Å². The predicted octanol–water partition coefficient (Wildman–Crippen LogP) is 4.11. The van der Waals surface area contributed by atoms with E-state index in [1.807, 2.05) is 0 Å². The van der Waals surface area contributed by atoms with Gasteiger partial charge in [0.25, 0.3) is 0 Å². The highest BCUT2D eigenvalue weighted by Crippen LogP contribution is 2.31. The summed E-state index contributed by atoms with van der Waals surface area (Å²) in [5, 5.41) is 15.1. The third kappa shape index (κ3) is 4.11. The van der Waals surface area contributed by atoms with Gasteiger partial charge in [-0.1, -0.05) is 11.6 Å². The van der Waals surface area contributed by atoms with Crippen LogP contribution in [0.5, 0.6) is 0 Å². The van der Waals surface area contributed by atoms with Gasteiger partial charge in [0.2, 0.25) is 0 Å². The Labute approximate surface area is 137 Å². The van der Waals surface area contributed by atoms with Crippen LogP contribution in [-0.2, 0) is 4.79 Å². The average Bonchev–Trinajstić information content (AvgIpc) is 2.32. The summed E-state index contributed by atoms with van der Waals surface area (Å²) in [6.45, 7) is 6.46. The van der Waals surface area contributed by atoms with Crippen LogP contribution in [0.2, 0.25) is 5.02 Å². The number of halogens is 2. The molecule has 0 aliphatic carbocycles. The Kier molecular flexibility index (Phi) is 5.28. The van der Waals surface area contributed by atoms with Gasteiger partial charge in [-0.25, -0.2) is 4.79 Å². The molecule has 1 aromatic rings. The number of carboxylic acid groups (broad SMARTS) is 1. The number of carbonyl (C=O) groups excluding carboxylic acids is 1. The van der Waals surface area contributed by atoms with Crippen LogP contribution in [-0.4, -0.2) is 22.6 Å². The van der Waals surface area contributed by atoms with Crippen molar-refractivity contribution in [2.24, 2.45) is 5.41 Å². The number of carbonyl (C=O) groups is 2. The lowest BCUT2D eigenvalue weighted by molar-refractivity contribution is -0.150. The number of nitrogens with one attached hydrogen (secondary N) is 2. The predicted molar refractivity (Wildman–Crippen MR) is 86.8 cm³/mol. The normalized spacial score (nSPS) is 11.9. The zero-order valence-corrected chi connectivity index (χ0v) is 14.6. The van der Waals surface area contributed by atoms with Crippen molar-refractivity contribution in [2.45, 2.75) is 33.2 Å². The molecule has 2 amide bonds. The molecule has 7 heteroatoms. The number of urea groups is 1. The summed E-state index contributed by atoms with van der Waals surface area (Å²) >= 11 is 9.14. The van der Waals surface area contributed by atoms with Gasteiger partial charge < -0.3 is 15.7 Å². The van der Waals surface area contributed by atoms with Crippen molar-refractivity contribution in [3.63, 3.8) is 0 Å². The molecule has 0 saturated heterocycles. The summed E-state index contributed by atoms with van der Waals surface area (Å²) in [4.78, 5) is 23.3. The van der Waals surface area contributed by atoms with Crippen LogP contribution in [0.15, 0.2) is 22.7 Å². The zero-order valence-electron chi connectivity index (χ0n) is 12.3. The molecule has 0 unspecified atom stereocenters. The lowest BCUT2D eigenvalue weighted by Gasteiger charge is -2.38. The van der Waals surface area contributed by atoms with Crippen LogP contribution >= 0.6 is 27.5 Å². The topological polar surface area (TPSA) is 78.4 Å². The summed E-state index contributed by atoms with van der Waals surface area (Å²) in [7, 11) is 0. The number of anilines is 1. The van der Waals surface area contributed by atoms with Crippen LogP contribution in [0.25, 0.3) is 0 Å². The number of rotatable bonds is 4. The van der Waals surface area contributed by atoms with Gasteiger partial charge >= 0.3 is 12.0 Å². The zero-order chi connectivity index (χ0) is 16.4. The van der Waals surface area contributed by atoms with Crippen LogP contribution in [0.3, 0.4) is 0 Å². The molecule has 0 fully saturated rings. The van der Waals surface area contributed by atoms with E-state index in [0.29, 0.717) is 15.2 Å². The fourth-order valence-electron chi connectivity index (χ4n) is 1.44. The molecule has 1 aromatic carbocycles. The van der Waals surface area contributed by atoms with E-state index < -0.39 is 23.0 Å². The quantitative estimate of drug-likeness (QED) is 0.738. The molecule has 0 spiro atoms. The number of hydrogen-bond acceptors (Lipinski definition) is 2. The van der Waals surface area contributed by atoms with E-state index >= 15 is 0 Å². The maximum absolute atomic E-state index is 12.0. The molecule has 116 valence electrons. The molecule has 0 radical (unpaired) electrons. The second-order valence-electron chi connectivity index (χ2n) is 5.76. The van der Waals surface area contributed by atoms with Crippen molar-refractivity contribution in [3.8, 4) is 0 Å². The largest absolute Gasteiger partial charge is 0.481 e. The van der Waals surface area contributed by atoms with E-state index in [0.717, 1.165) is 0 Å². The third-order valence-electron chi connectivity index (χ3n) is 3.70. The van der Waals surface area contributed by atoms with Crippen molar-refractivity contribution in [3.05, 3.63) is 27.7 Å². The fraction of sp³-hybridized carbons (Fsp3) is 0.429. The first-order valence-corrected chi connectivity index (χ1v) is 7.42. The lowest BCUT2D eigenvalue weighted by atomic mass is 9.74. The second kappa shape index (κ2) is 6.23. The number of amides is 2. The van der Waals surface area contributed by atoms with E-state index in [4.69, 9.17) is 11.6 Å². The minimum Gasteiger partial charge on any atom is -0.481 e. The molecule has 5 nitrogen and oxygen atoms in total. The smallest absolute Gasteiger partial charge is 0.319 e. The number of hydrogen-bond donors (Lipinski definition) is 3. The maximum atomic E-state index is 12.0. The van der Waals surface area contributed by atoms with Gasteiger partial charge in [0.05, 0.1) is 16.0 Å². The highest BCUT2D eigenvalue weighted by molar-refractivity contribution is 9.10. The van der Waals surface area contributed by atoms with Crippen LogP contribution in [0.1, 0.15) is 27.7 Å². The van der Waals surface area contributed by atoms with Gasteiger partial charge in [0.15, 0.2) is 0 Å². The van der Waals surface area contributed by atoms with Gasteiger partial charge in [-0.15, -0.1) is 0 Å². The van der Waals surface area contributed by atoms with Crippen molar-refractivity contribution < 1.29 is 14.7 Å². The Balaban J connectivity index is 2.81. The highest BCUT2D eigenvalue weighted by atomic mass is 79.9. The highest BCUT2D eigenvalue weighted by Gasteiger charge is 2.44. The van der Waals surface area contributed by atoms with E-state index in [2.05, 4.69) is 26.6 Å². The SMILES string of the molecule is CC(C)(NC(=O)Nc1ccc(Cl)c(Br)c1)C(C)(C)C(=O)O. The minimum atomic E-state index is -1.12. The Bertz CT molecular complexity index is 573. The molecular weight excluding hydrogens is 360 g/mol. The molecule has 21 heavy (non-hydrogen) atoms. The molecule has 1 rings (SSSR count). The maximum Gasteiger partial charge on any atom is 0.319 e. The standard InChI is InChI=1S/C14H18BrClN2O3/c1-13(2,11(19)20)14(3,4)18-12(21)17-8-5-6-10(16)9(15)7-8/h5-7H,1-4H3,(H,19,20)(H2,17,18,21). The number of benzene rings is 1. The number of aliphatic carboxylic acids is 1. The van der Waals surface area contributed by atoms with Crippen molar-refractivity contribution in [2.75, 3.05) is 5.32 Å². The van der Waals surface area contributed by atoms with E-state index in [9.17, 15) is 14.7 Å². The van der Waals surface area contributed by atoms with Crippen molar-refractivity contribution in [1.29, 1.82) is 0 Å². The molecule has 3 N–H and O–H groups in total. The monoisotopic (exact) mass is 376 g/mol. The Morgan fingerprint density at radius 2 is 1.81 bits per heavy atom. The molecule has 0 heterocycles. The summed E-state index contributed by atoms with van der Waals surface area (Å²) in [5.74, 6) is -0.984. The minimum absolute atomic E-state index is 0.483. The van der Waals surface area contributed by atoms with Crippen LogP contribution < -0.4 is 10.6 Å². The molecular formula is C14H18BrClN2O3. The molecule has 0 aliphatic heterocycles. The Hall–Kier alpha value is -1.27. The first kappa shape index (κ1) is 17.8. The molecule has 0 aliphatic rings. The molecule has 0 atom stereocenters. The van der Waals surface area contributed by atoms with E-state index in [1.165, 1.54) is 0 Å². The van der Waals surface area contributed by atoms with Gasteiger partial charge in [-0.2, -0.15) is 0 Å². The summed E-state index contributed by atoms with van der Waals surface area (Å²) in [5.41, 5.74) is -1.51. The third-order valence-corrected chi connectivity index (χ3v) is 4.91. The molecule has 0 aromatic heterocycles. The van der Waals surface area contributed by atoms with Gasteiger partial charge in [0, 0.05) is 10.2 Å².